The highest BCUT2D eigenvalue weighted by atomic mass is 16.1. The highest BCUT2D eigenvalue weighted by Gasteiger charge is 2.10. The number of hydrogen-bond donors (Lipinski definition) is 1. The molecule has 0 aromatic carbocycles. The number of amides is 1. The second-order valence-electron chi connectivity index (χ2n) is 5.27. The Hall–Kier alpha value is -1.42. The number of rotatable bonds is 12. The molecule has 0 heterocycles. The van der Waals surface area contributed by atoms with Crippen molar-refractivity contribution in [2.24, 2.45) is 11.7 Å². The Balaban J connectivity index is 3.93. The summed E-state index contributed by atoms with van der Waals surface area (Å²) in [5.74, 6) is -0.285. The molecule has 4 nitrogen and oxygen atoms in total. The van der Waals surface area contributed by atoms with E-state index < -0.39 is 0 Å². The van der Waals surface area contributed by atoms with E-state index in [1.165, 1.54) is 0 Å². The second-order valence-corrected chi connectivity index (χ2v) is 5.27. The van der Waals surface area contributed by atoms with Gasteiger partial charge in [-0.2, -0.15) is 0 Å². The van der Waals surface area contributed by atoms with Crippen LogP contribution in [0.1, 0.15) is 39.0 Å². The average molecular weight is 280 g/mol. The standard InChI is InChI=1S/C16H28N2O2/c1-4-5-6-7-10-15(13-19)12-18(3)11-8-9-14(2)16(17)20/h4,9,13,15H,1,5-8,10-12H2,2-3H3,(H2,17,20). The van der Waals surface area contributed by atoms with E-state index in [0.717, 1.165) is 51.5 Å². The summed E-state index contributed by atoms with van der Waals surface area (Å²) >= 11 is 0. The molecular formula is C16H28N2O2. The largest absolute Gasteiger partial charge is 0.366 e. The van der Waals surface area contributed by atoms with Crippen LogP contribution in [0.4, 0.5) is 0 Å². The smallest absolute Gasteiger partial charge is 0.244 e. The van der Waals surface area contributed by atoms with E-state index in [1.807, 2.05) is 19.2 Å². The number of carbonyl (C=O) groups is 2. The van der Waals surface area contributed by atoms with E-state index in [4.69, 9.17) is 5.73 Å². The number of primary amides is 1. The van der Waals surface area contributed by atoms with Crippen LogP contribution in [0.3, 0.4) is 0 Å². The average Bonchev–Trinajstić information content (AvgIpc) is 2.41. The van der Waals surface area contributed by atoms with E-state index in [1.54, 1.807) is 6.92 Å². The summed E-state index contributed by atoms with van der Waals surface area (Å²) in [6.07, 6.45) is 9.68. The van der Waals surface area contributed by atoms with Crippen LogP contribution < -0.4 is 5.73 Å². The lowest BCUT2D eigenvalue weighted by Crippen LogP contribution is -2.27. The van der Waals surface area contributed by atoms with Gasteiger partial charge in [0.05, 0.1) is 0 Å². The molecule has 0 aliphatic rings. The van der Waals surface area contributed by atoms with Gasteiger partial charge in [0, 0.05) is 24.6 Å². The molecule has 0 bridgehead atoms. The van der Waals surface area contributed by atoms with Gasteiger partial charge in [-0.25, -0.2) is 0 Å². The molecule has 0 rings (SSSR count). The fourth-order valence-corrected chi connectivity index (χ4v) is 1.99. The van der Waals surface area contributed by atoms with Gasteiger partial charge in [0.1, 0.15) is 6.29 Å². The Kier molecular flexibility index (Phi) is 10.6. The minimum absolute atomic E-state index is 0.0889. The van der Waals surface area contributed by atoms with Gasteiger partial charge in [0.2, 0.25) is 5.91 Å². The molecule has 0 aromatic rings. The van der Waals surface area contributed by atoms with Crippen molar-refractivity contribution in [3.63, 3.8) is 0 Å². The van der Waals surface area contributed by atoms with Crippen LogP contribution in [0.25, 0.3) is 0 Å². The highest BCUT2D eigenvalue weighted by Crippen LogP contribution is 2.10. The van der Waals surface area contributed by atoms with Crippen LogP contribution in [-0.2, 0) is 9.59 Å². The van der Waals surface area contributed by atoms with Crippen LogP contribution in [-0.4, -0.2) is 37.2 Å². The first-order chi connectivity index (χ1) is 9.51. The van der Waals surface area contributed by atoms with Gasteiger partial charge in [0.15, 0.2) is 0 Å². The molecule has 0 saturated carbocycles. The van der Waals surface area contributed by atoms with Gasteiger partial charge >= 0.3 is 0 Å². The van der Waals surface area contributed by atoms with Crippen molar-refractivity contribution in [1.29, 1.82) is 0 Å². The molecule has 0 radical (unpaired) electrons. The molecule has 0 aliphatic heterocycles. The molecule has 1 atom stereocenters. The first kappa shape index (κ1) is 18.6. The predicted octanol–water partition coefficient (Wildman–Crippen LogP) is 2.30. The number of nitrogens with two attached hydrogens (primary N) is 1. The maximum atomic E-state index is 11.1. The minimum Gasteiger partial charge on any atom is -0.366 e. The predicted molar refractivity (Wildman–Crippen MR) is 83.3 cm³/mol. The molecule has 114 valence electrons. The van der Waals surface area contributed by atoms with E-state index in [9.17, 15) is 9.59 Å². The van der Waals surface area contributed by atoms with Gasteiger partial charge in [-0.1, -0.05) is 18.6 Å². The molecular weight excluding hydrogens is 252 g/mol. The van der Waals surface area contributed by atoms with Crippen molar-refractivity contribution >= 4 is 12.2 Å². The van der Waals surface area contributed by atoms with Crippen LogP contribution in [0, 0.1) is 5.92 Å². The molecule has 2 N–H and O–H groups in total. The number of nitrogens with zero attached hydrogens (tertiary/aromatic N) is 1. The van der Waals surface area contributed by atoms with E-state index in [0.29, 0.717) is 5.57 Å². The van der Waals surface area contributed by atoms with Crippen LogP contribution in [0.15, 0.2) is 24.3 Å². The van der Waals surface area contributed by atoms with Gasteiger partial charge in [-0.05, 0) is 39.7 Å². The third kappa shape index (κ3) is 9.50. The van der Waals surface area contributed by atoms with Crippen LogP contribution >= 0.6 is 0 Å². The monoisotopic (exact) mass is 280 g/mol. The first-order valence-corrected chi connectivity index (χ1v) is 7.22. The van der Waals surface area contributed by atoms with Crippen molar-refractivity contribution in [2.75, 3.05) is 20.1 Å². The fourth-order valence-electron chi connectivity index (χ4n) is 1.99. The zero-order valence-corrected chi connectivity index (χ0v) is 12.8. The fraction of sp³-hybridized carbons (Fsp3) is 0.625. The quantitative estimate of drug-likeness (QED) is 0.258. The first-order valence-electron chi connectivity index (χ1n) is 7.22. The molecule has 1 amide bonds. The van der Waals surface area contributed by atoms with E-state index in [2.05, 4.69) is 11.5 Å². The summed E-state index contributed by atoms with van der Waals surface area (Å²) in [4.78, 5) is 24.0. The molecule has 0 fully saturated rings. The zero-order chi connectivity index (χ0) is 15.4. The van der Waals surface area contributed by atoms with Gasteiger partial charge < -0.3 is 15.4 Å². The highest BCUT2D eigenvalue weighted by molar-refractivity contribution is 5.91. The zero-order valence-electron chi connectivity index (χ0n) is 12.8. The number of allylic oxidation sites excluding steroid dienone is 1. The second kappa shape index (κ2) is 11.4. The Labute approximate surface area is 122 Å². The van der Waals surface area contributed by atoms with Crippen molar-refractivity contribution in [1.82, 2.24) is 4.90 Å². The third-order valence-corrected chi connectivity index (χ3v) is 3.32. The van der Waals surface area contributed by atoms with E-state index in [-0.39, 0.29) is 11.8 Å². The van der Waals surface area contributed by atoms with Crippen molar-refractivity contribution in [3.05, 3.63) is 24.3 Å². The number of unbranched alkanes of at least 4 members (excludes halogenated alkanes) is 2. The molecule has 4 heteroatoms. The lowest BCUT2D eigenvalue weighted by Gasteiger charge is -2.19. The number of carbonyl (C=O) groups excluding carboxylic acids is 2. The normalized spacial score (nSPS) is 13.2. The van der Waals surface area contributed by atoms with Crippen molar-refractivity contribution < 1.29 is 9.59 Å². The maximum Gasteiger partial charge on any atom is 0.244 e. The van der Waals surface area contributed by atoms with Crippen LogP contribution in [0.2, 0.25) is 0 Å². The Morgan fingerprint density at radius 2 is 2.05 bits per heavy atom. The topological polar surface area (TPSA) is 63.4 Å². The lowest BCUT2D eigenvalue weighted by atomic mass is 10.0. The molecule has 1 unspecified atom stereocenters. The van der Waals surface area contributed by atoms with Gasteiger partial charge in [0.25, 0.3) is 0 Å². The Bertz CT molecular complexity index is 337. The summed E-state index contributed by atoms with van der Waals surface area (Å²) in [6, 6.07) is 0. The Morgan fingerprint density at radius 3 is 2.60 bits per heavy atom. The number of aldehydes is 1. The molecule has 0 saturated heterocycles. The summed E-state index contributed by atoms with van der Waals surface area (Å²) in [6.45, 7) is 6.99. The van der Waals surface area contributed by atoms with Crippen molar-refractivity contribution in [2.45, 2.75) is 39.0 Å². The number of hydrogen-bond acceptors (Lipinski definition) is 3. The minimum atomic E-state index is -0.374. The van der Waals surface area contributed by atoms with Crippen LogP contribution in [0.5, 0.6) is 0 Å². The molecule has 20 heavy (non-hydrogen) atoms. The van der Waals surface area contributed by atoms with Crippen molar-refractivity contribution in [3.8, 4) is 0 Å². The lowest BCUT2D eigenvalue weighted by molar-refractivity contribution is -0.114. The van der Waals surface area contributed by atoms with Gasteiger partial charge in [-0.3, -0.25) is 4.79 Å². The van der Waals surface area contributed by atoms with Gasteiger partial charge in [-0.15, -0.1) is 6.58 Å². The summed E-state index contributed by atoms with van der Waals surface area (Å²) < 4.78 is 0. The Morgan fingerprint density at radius 1 is 1.35 bits per heavy atom. The summed E-state index contributed by atoms with van der Waals surface area (Å²) in [5.41, 5.74) is 5.75. The molecule has 0 spiro atoms. The maximum absolute atomic E-state index is 11.1. The molecule has 0 aliphatic carbocycles. The van der Waals surface area contributed by atoms with E-state index >= 15 is 0 Å². The summed E-state index contributed by atoms with van der Waals surface area (Å²) in [7, 11) is 1.99. The summed E-state index contributed by atoms with van der Waals surface area (Å²) in [5, 5.41) is 0. The molecule has 0 aromatic heterocycles. The third-order valence-electron chi connectivity index (χ3n) is 3.32. The SMILES string of the molecule is C=CCCCCC(C=O)CN(C)CCC=C(C)C(N)=O.